The van der Waals surface area contributed by atoms with Crippen molar-refractivity contribution >= 4 is 33.7 Å². The molecular formula is C18H18FN5OS. The fourth-order valence-corrected chi connectivity index (χ4v) is 3.60. The summed E-state index contributed by atoms with van der Waals surface area (Å²) >= 11 is 1.61. The summed E-state index contributed by atoms with van der Waals surface area (Å²) in [5.41, 5.74) is 2.44. The minimum Gasteiger partial charge on any atom is -0.481 e. The van der Waals surface area contributed by atoms with Crippen LogP contribution in [0.4, 0.5) is 10.1 Å². The van der Waals surface area contributed by atoms with Gasteiger partial charge in [-0.05, 0) is 24.5 Å². The molecule has 3 aromatic rings. The van der Waals surface area contributed by atoms with Crippen molar-refractivity contribution in [2.75, 3.05) is 26.5 Å². The molecule has 0 amide bonds. The molecule has 1 fully saturated rings. The van der Waals surface area contributed by atoms with Gasteiger partial charge in [0, 0.05) is 25.2 Å². The fraction of sp³-hybridized carbons (Fsp3) is 0.278. The van der Waals surface area contributed by atoms with Gasteiger partial charge >= 0.3 is 0 Å². The molecule has 0 N–H and O–H groups in total. The van der Waals surface area contributed by atoms with E-state index in [0.717, 1.165) is 29.5 Å². The van der Waals surface area contributed by atoms with Crippen LogP contribution in [0.2, 0.25) is 0 Å². The van der Waals surface area contributed by atoms with Gasteiger partial charge in [-0.15, -0.1) is 0 Å². The normalized spacial score (nSPS) is 15.3. The standard InChI is InChI=1S/C18H18FN5OS/c1-25-17-6-4-13(8-20-17)22-18(26-2)23-9-14(10-23)24-11-21-15-7-12(19)3-5-16(15)24/h3-8,11,14H,9-10H2,1-2H3/b22-18+. The highest BCUT2D eigenvalue weighted by atomic mass is 32.2. The van der Waals surface area contributed by atoms with E-state index in [4.69, 9.17) is 4.74 Å². The summed E-state index contributed by atoms with van der Waals surface area (Å²) in [5.74, 6) is 0.310. The fourth-order valence-electron chi connectivity index (χ4n) is 3.00. The molecule has 6 nitrogen and oxygen atoms in total. The van der Waals surface area contributed by atoms with Crippen molar-refractivity contribution in [3.05, 3.63) is 48.7 Å². The first-order chi connectivity index (χ1) is 12.7. The van der Waals surface area contributed by atoms with Gasteiger partial charge in [0.25, 0.3) is 0 Å². The van der Waals surface area contributed by atoms with Crippen LogP contribution in [-0.2, 0) is 0 Å². The molecule has 2 aromatic heterocycles. The van der Waals surface area contributed by atoms with Gasteiger partial charge in [0.1, 0.15) is 5.82 Å². The van der Waals surface area contributed by atoms with Crippen LogP contribution in [0.25, 0.3) is 11.0 Å². The van der Waals surface area contributed by atoms with E-state index in [9.17, 15) is 4.39 Å². The summed E-state index contributed by atoms with van der Waals surface area (Å²) in [6.07, 6.45) is 5.50. The first-order valence-electron chi connectivity index (χ1n) is 8.17. The molecule has 1 aliphatic rings. The molecule has 4 rings (SSSR count). The van der Waals surface area contributed by atoms with E-state index in [1.54, 1.807) is 43.5 Å². The van der Waals surface area contributed by atoms with Crippen molar-refractivity contribution in [3.8, 4) is 5.88 Å². The van der Waals surface area contributed by atoms with Gasteiger partial charge in [-0.2, -0.15) is 0 Å². The summed E-state index contributed by atoms with van der Waals surface area (Å²) in [6, 6.07) is 8.71. The van der Waals surface area contributed by atoms with Crippen LogP contribution in [0.15, 0.2) is 47.8 Å². The van der Waals surface area contributed by atoms with E-state index < -0.39 is 0 Å². The number of methoxy groups -OCH3 is 1. The van der Waals surface area contributed by atoms with Crippen LogP contribution < -0.4 is 4.74 Å². The van der Waals surface area contributed by atoms with E-state index in [2.05, 4.69) is 24.4 Å². The van der Waals surface area contributed by atoms with Gasteiger partial charge in [-0.1, -0.05) is 11.8 Å². The van der Waals surface area contributed by atoms with Crippen molar-refractivity contribution in [1.29, 1.82) is 0 Å². The molecule has 0 saturated carbocycles. The number of hydrogen-bond donors (Lipinski definition) is 0. The maximum absolute atomic E-state index is 13.3. The number of benzene rings is 1. The van der Waals surface area contributed by atoms with E-state index in [-0.39, 0.29) is 5.82 Å². The third-order valence-electron chi connectivity index (χ3n) is 4.40. The molecular weight excluding hydrogens is 353 g/mol. The Hall–Kier alpha value is -2.61. The molecule has 0 spiro atoms. The molecule has 134 valence electrons. The van der Waals surface area contributed by atoms with Crippen LogP contribution in [0.5, 0.6) is 5.88 Å². The molecule has 3 heterocycles. The molecule has 1 aromatic carbocycles. The van der Waals surface area contributed by atoms with E-state index in [1.165, 1.54) is 12.1 Å². The molecule has 8 heteroatoms. The number of aromatic nitrogens is 3. The van der Waals surface area contributed by atoms with E-state index in [0.29, 0.717) is 17.4 Å². The number of aliphatic imine (C=N–C) groups is 1. The molecule has 0 aliphatic carbocycles. The summed E-state index contributed by atoms with van der Waals surface area (Å²) in [4.78, 5) is 15.4. The highest BCUT2D eigenvalue weighted by Crippen LogP contribution is 2.29. The van der Waals surface area contributed by atoms with Crippen molar-refractivity contribution in [2.45, 2.75) is 6.04 Å². The lowest BCUT2D eigenvalue weighted by molar-refractivity contribution is 0.200. The van der Waals surface area contributed by atoms with E-state index >= 15 is 0 Å². The number of halogens is 1. The third kappa shape index (κ3) is 3.12. The SMILES string of the molecule is COc1ccc(/N=C(/SC)N2CC(n3cnc4cc(F)ccc43)C2)cn1. The number of pyridine rings is 1. The third-order valence-corrected chi connectivity index (χ3v) is 5.11. The Kier molecular flexibility index (Phi) is 4.50. The monoisotopic (exact) mass is 371 g/mol. The Morgan fingerprint density at radius 3 is 2.81 bits per heavy atom. The number of ether oxygens (including phenoxy) is 1. The summed E-state index contributed by atoms with van der Waals surface area (Å²) in [5, 5.41) is 0.948. The number of nitrogens with zero attached hydrogens (tertiary/aromatic N) is 5. The van der Waals surface area contributed by atoms with Crippen molar-refractivity contribution in [1.82, 2.24) is 19.4 Å². The van der Waals surface area contributed by atoms with Crippen LogP contribution in [0, 0.1) is 5.82 Å². The Balaban J connectivity index is 1.48. The van der Waals surface area contributed by atoms with Crippen LogP contribution in [0.3, 0.4) is 0 Å². The first kappa shape index (κ1) is 16.8. The largest absolute Gasteiger partial charge is 0.481 e. The predicted octanol–water partition coefficient (Wildman–Crippen LogP) is 3.49. The first-order valence-corrected chi connectivity index (χ1v) is 9.40. The van der Waals surface area contributed by atoms with Gasteiger partial charge in [0.05, 0.1) is 42.4 Å². The Bertz CT molecular complexity index is 950. The number of thioether (sulfide) groups is 1. The van der Waals surface area contributed by atoms with Gasteiger partial charge in [0.2, 0.25) is 5.88 Å². The average Bonchev–Trinajstić information content (AvgIpc) is 3.03. The lowest BCUT2D eigenvalue weighted by Gasteiger charge is -2.41. The van der Waals surface area contributed by atoms with Crippen molar-refractivity contribution < 1.29 is 9.13 Å². The Morgan fingerprint density at radius 2 is 2.12 bits per heavy atom. The molecule has 0 unspecified atom stereocenters. The average molecular weight is 371 g/mol. The zero-order valence-corrected chi connectivity index (χ0v) is 15.3. The van der Waals surface area contributed by atoms with Crippen LogP contribution in [-0.4, -0.2) is 51.1 Å². The summed E-state index contributed by atoms with van der Waals surface area (Å²) in [7, 11) is 1.59. The zero-order valence-electron chi connectivity index (χ0n) is 14.5. The highest BCUT2D eigenvalue weighted by Gasteiger charge is 2.31. The van der Waals surface area contributed by atoms with Gasteiger partial charge in [-0.25, -0.2) is 19.4 Å². The summed E-state index contributed by atoms with van der Waals surface area (Å²) in [6.45, 7) is 1.68. The number of likely N-dealkylation sites (tertiary alicyclic amines) is 1. The number of rotatable bonds is 3. The van der Waals surface area contributed by atoms with Crippen LogP contribution in [0.1, 0.15) is 6.04 Å². The zero-order chi connectivity index (χ0) is 18.1. The van der Waals surface area contributed by atoms with Crippen molar-refractivity contribution in [3.63, 3.8) is 0 Å². The Morgan fingerprint density at radius 1 is 1.27 bits per heavy atom. The number of imidazole rings is 1. The second-order valence-electron chi connectivity index (χ2n) is 6.00. The minimum atomic E-state index is -0.261. The lowest BCUT2D eigenvalue weighted by atomic mass is 10.1. The number of hydrogen-bond acceptors (Lipinski definition) is 5. The van der Waals surface area contributed by atoms with Crippen LogP contribution >= 0.6 is 11.8 Å². The Labute approximate surface area is 154 Å². The topological polar surface area (TPSA) is 55.5 Å². The second-order valence-corrected chi connectivity index (χ2v) is 6.77. The number of fused-ring (bicyclic) bond motifs is 1. The van der Waals surface area contributed by atoms with Crippen molar-refractivity contribution in [2.24, 2.45) is 4.99 Å². The minimum absolute atomic E-state index is 0.261. The molecule has 0 atom stereocenters. The smallest absolute Gasteiger partial charge is 0.213 e. The molecule has 0 radical (unpaired) electrons. The second kappa shape index (κ2) is 6.95. The van der Waals surface area contributed by atoms with E-state index in [1.807, 2.05) is 12.3 Å². The molecule has 1 saturated heterocycles. The molecule has 26 heavy (non-hydrogen) atoms. The quantitative estimate of drug-likeness (QED) is 0.521. The number of amidine groups is 1. The van der Waals surface area contributed by atoms with Gasteiger partial charge in [-0.3, -0.25) is 0 Å². The van der Waals surface area contributed by atoms with Gasteiger partial charge in [0.15, 0.2) is 5.17 Å². The highest BCUT2D eigenvalue weighted by molar-refractivity contribution is 8.13. The molecule has 1 aliphatic heterocycles. The lowest BCUT2D eigenvalue weighted by Crippen LogP contribution is -2.49. The summed E-state index contributed by atoms with van der Waals surface area (Å²) < 4.78 is 20.5. The molecule has 0 bridgehead atoms. The van der Waals surface area contributed by atoms with Gasteiger partial charge < -0.3 is 14.2 Å². The maximum atomic E-state index is 13.3. The maximum Gasteiger partial charge on any atom is 0.213 e. The predicted molar refractivity (Wildman–Crippen MR) is 102 cm³/mol.